The first-order chi connectivity index (χ1) is 12.0. The van der Waals surface area contributed by atoms with Crippen molar-refractivity contribution < 1.29 is 14.2 Å². The number of nitrogens with zero attached hydrogens (tertiary/aromatic N) is 1. The molecule has 0 fully saturated rings. The minimum absolute atomic E-state index is 0. The summed E-state index contributed by atoms with van der Waals surface area (Å²) in [6.45, 7) is 8.57. The molecule has 1 atom stereocenters. The van der Waals surface area contributed by atoms with Gasteiger partial charge in [0, 0.05) is 38.4 Å². The highest BCUT2D eigenvalue weighted by molar-refractivity contribution is 14.0. The van der Waals surface area contributed by atoms with E-state index in [1.165, 1.54) is 0 Å². The van der Waals surface area contributed by atoms with Crippen LogP contribution in [0.1, 0.15) is 32.8 Å². The zero-order valence-electron chi connectivity index (χ0n) is 16.8. The number of hydrogen-bond donors (Lipinski definition) is 2. The molecule has 1 aromatic carbocycles. The third-order valence-corrected chi connectivity index (χ3v) is 4.01. The molecule has 0 amide bonds. The highest BCUT2D eigenvalue weighted by Gasteiger charge is 2.13. The van der Waals surface area contributed by atoms with E-state index in [2.05, 4.69) is 29.5 Å². The third-order valence-electron chi connectivity index (χ3n) is 4.01. The second-order valence-electron chi connectivity index (χ2n) is 6.06. The summed E-state index contributed by atoms with van der Waals surface area (Å²) in [5.41, 5.74) is 1.04. The summed E-state index contributed by atoms with van der Waals surface area (Å²) in [7, 11) is 5.07. The molecule has 0 saturated carbocycles. The smallest absolute Gasteiger partial charge is 0.191 e. The van der Waals surface area contributed by atoms with E-state index in [9.17, 15) is 0 Å². The fraction of sp³-hybridized carbons (Fsp3) is 0.632. The van der Waals surface area contributed by atoms with Gasteiger partial charge >= 0.3 is 0 Å². The van der Waals surface area contributed by atoms with Crippen LogP contribution in [0, 0.1) is 5.92 Å². The molecular weight excluding hydrogens is 445 g/mol. The number of methoxy groups -OCH3 is 2. The molecular formula is C19H34IN3O3. The van der Waals surface area contributed by atoms with Crippen molar-refractivity contribution in [1.82, 2.24) is 10.6 Å². The number of benzene rings is 1. The van der Waals surface area contributed by atoms with Gasteiger partial charge in [0.1, 0.15) is 11.5 Å². The van der Waals surface area contributed by atoms with E-state index in [1.54, 1.807) is 21.3 Å². The summed E-state index contributed by atoms with van der Waals surface area (Å²) in [5, 5.41) is 6.65. The number of hydrogen-bond acceptors (Lipinski definition) is 4. The van der Waals surface area contributed by atoms with Crippen LogP contribution in [-0.2, 0) is 11.3 Å². The minimum Gasteiger partial charge on any atom is -0.497 e. The second kappa shape index (κ2) is 13.9. The Labute approximate surface area is 175 Å². The molecule has 150 valence electrons. The van der Waals surface area contributed by atoms with Gasteiger partial charge in [0.2, 0.25) is 0 Å². The lowest BCUT2D eigenvalue weighted by molar-refractivity contribution is 0.0258. The van der Waals surface area contributed by atoms with Crippen molar-refractivity contribution >= 4 is 29.9 Å². The van der Waals surface area contributed by atoms with Crippen molar-refractivity contribution in [2.24, 2.45) is 10.9 Å². The number of rotatable bonds is 10. The van der Waals surface area contributed by atoms with Gasteiger partial charge < -0.3 is 24.8 Å². The van der Waals surface area contributed by atoms with E-state index in [0.717, 1.165) is 42.6 Å². The van der Waals surface area contributed by atoms with Gasteiger partial charge in [-0.1, -0.05) is 13.8 Å². The number of guanidine groups is 1. The number of ether oxygens (including phenoxy) is 3. The van der Waals surface area contributed by atoms with Crippen LogP contribution in [-0.4, -0.2) is 46.5 Å². The predicted molar refractivity (Wildman–Crippen MR) is 118 cm³/mol. The molecule has 0 radical (unpaired) electrons. The van der Waals surface area contributed by atoms with Gasteiger partial charge in [0.05, 0.1) is 20.3 Å². The molecule has 0 spiro atoms. The van der Waals surface area contributed by atoms with E-state index >= 15 is 0 Å². The maximum absolute atomic E-state index is 5.77. The fourth-order valence-corrected chi connectivity index (χ4v) is 2.55. The maximum Gasteiger partial charge on any atom is 0.191 e. The quantitative estimate of drug-likeness (QED) is 0.306. The van der Waals surface area contributed by atoms with Crippen molar-refractivity contribution in [2.75, 3.05) is 34.4 Å². The van der Waals surface area contributed by atoms with Crippen LogP contribution in [0.15, 0.2) is 23.2 Å². The van der Waals surface area contributed by atoms with Crippen molar-refractivity contribution in [1.29, 1.82) is 0 Å². The van der Waals surface area contributed by atoms with Crippen LogP contribution in [0.3, 0.4) is 0 Å². The van der Waals surface area contributed by atoms with Gasteiger partial charge in [-0.2, -0.15) is 0 Å². The molecule has 0 aliphatic heterocycles. The molecule has 1 rings (SSSR count). The Hall–Kier alpha value is -1.22. The largest absolute Gasteiger partial charge is 0.497 e. The highest BCUT2D eigenvalue weighted by atomic mass is 127. The fourth-order valence-electron chi connectivity index (χ4n) is 2.55. The average Bonchev–Trinajstić information content (AvgIpc) is 2.63. The zero-order chi connectivity index (χ0) is 18.7. The first-order valence-electron chi connectivity index (χ1n) is 8.82. The second-order valence-corrected chi connectivity index (χ2v) is 6.06. The Morgan fingerprint density at radius 2 is 1.88 bits per heavy atom. The van der Waals surface area contributed by atoms with Crippen LogP contribution in [0.5, 0.6) is 11.5 Å². The number of aliphatic imine (C=N–C) groups is 1. The maximum atomic E-state index is 5.77. The molecule has 0 saturated heterocycles. The first-order valence-corrected chi connectivity index (χ1v) is 8.82. The zero-order valence-corrected chi connectivity index (χ0v) is 19.1. The Balaban J connectivity index is 0.00000625. The lowest BCUT2D eigenvalue weighted by Crippen LogP contribution is -2.39. The Bertz CT molecular complexity index is 539. The van der Waals surface area contributed by atoms with E-state index < -0.39 is 0 Å². The summed E-state index contributed by atoms with van der Waals surface area (Å²) in [4.78, 5) is 4.27. The normalized spacial score (nSPS) is 12.3. The van der Waals surface area contributed by atoms with Crippen molar-refractivity contribution in [3.8, 4) is 11.5 Å². The van der Waals surface area contributed by atoms with Crippen molar-refractivity contribution in [2.45, 2.75) is 39.8 Å². The SMILES string of the molecule is CCOC(CCNC(=NC)NCc1ccc(OC)cc1OC)C(C)C.I. The van der Waals surface area contributed by atoms with E-state index in [4.69, 9.17) is 14.2 Å². The van der Waals surface area contributed by atoms with Crippen LogP contribution in [0.4, 0.5) is 0 Å². The molecule has 7 heteroatoms. The average molecular weight is 479 g/mol. The summed E-state index contributed by atoms with van der Waals surface area (Å²) >= 11 is 0. The molecule has 0 heterocycles. The summed E-state index contributed by atoms with van der Waals surface area (Å²) in [5.74, 6) is 2.83. The lowest BCUT2D eigenvalue weighted by atomic mass is 10.0. The lowest BCUT2D eigenvalue weighted by Gasteiger charge is -2.21. The van der Waals surface area contributed by atoms with E-state index in [0.29, 0.717) is 12.5 Å². The van der Waals surface area contributed by atoms with E-state index in [-0.39, 0.29) is 30.1 Å². The molecule has 1 aromatic rings. The predicted octanol–water partition coefficient (Wildman–Crippen LogP) is 3.44. The molecule has 2 N–H and O–H groups in total. The molecule has 0 aliphatic carbocycles. The molecule has 1 unspecified atom stereocenters. The van der Waals surface area contributed by atoms with Crippen LogP contribution >= 0.6 is 24.0 Å². The molecule has 0 aromatic heterocycles. The third kappa shape index (κ3) is 8.44. The Morgan fingerprint density at radius 1 is 1.15 bits per heavy atom. The van der Waals surface area contributed by atoms with E-state index in [1.807, 2.05) is 25.1 Å². The molecule has 6 nitrogen and oxygen atoms in total. The molecule has 0 aliphatic rings. The minimum atomic E-state index is 0. The van der Waals surface area contributed by atoms with Crippen molar-refractivity contribution in [3.63, 3.8) is 0 Å². The van der Waals surface area contributed by atoms with Crippen molar-refractivity contribution in [3.05, 3.63) is 23.8 Å². The van der Waals surface area contributed by atoms with Gasteiger partial charge in [-0.05, 0) is 31.4 Å². The molecule has 0 bridgehead atoms. The Morgan fingerprint density at radius 3 is 2.42 bits per heavy atom. The monoisotopic (exact) mass is 479 g/mol. The van der Waals surface area contributed by atoms with Crippen LogP contribution in [0.25, 0.3) is 0 Å². The van der Waals surface area contributed by atoms with Crippen LogP contribution < -0.4 is 20.1 Å². The van der Waals surface area contributed by atoms with Crippen LogP contribution in [0.2, 0.25) is 0 Å². The summed E-state index contributed by atoms with van der Waals surface area (Å²) < 4.78 is 16.4. The summed E-state index contributed by atoms with van der Waals surface area (Å²) in [6.07, 6.45) is 1.20. The highest BCUT2D eigenvalue weighted by Crippen LogP contribution is 2.24. The molecule has 26 heavy (non-hydrogen) atoms. The number of halogens is 1. The summed E-state index contributed by atoms with van der Waals surface area (Å²) in [6, 6.07) is 5.79. The topological polar surface area (TPSA) is 64.1 Å². The standard InChI is InChI=1S/C19H33N3O3.HI/c1-7-25-17(14(2)3)10-11-21-19(20-4)22-13-15-8-9-16(23-5)12-18(15)24-6;/h8-9,12,14,17H,7,10-11,13H2,1-6H3,(H2,20,21,22);1H. The van der Waals surface area contributed by atoms with Gasteiger partial charge in [-0.15, -0.1) is 24.0 Å². The first kappa shape index (κ1) is 24.8. The van der Waals surface area contributed by atoms with Gasteiger partial charge in [-0.3, -0.25) is 4.99 Å². The number of nitrogens with one attached hydrogen (secondary N) is 2. The van der Waals surface area contributed by atoms with Gasteiger partial charge in [0.25, 0.3) is 0 Å². The van der Waals surface area contributed by atoms with Gasteiger partial charge in [0.15, 0.2) is 5.96 Å². The Kier molecular flexibility index (Phi) is 13.3. The van der Waals surface area contributed by atoms with Gasteiger partial charge in [-0.25, -0.2) is 0 Å².